The molecule has 2 aromatic carbocycles. The molecule has 6 heteroatoms. The lowest BCUT2D eigenvalue weighted by Gasteiger charge is -2.26. The quantitative estimate of drug-likeness (QED) is 0.0833. The van der Waals surface area contributed by atoms with Gasteiger partial charge in [0.25, 0.3) is 11.7 Å². The van der Waals surface area contributed by atoms with Crippen LogP contribution in [0.4, 0.5) is 0 Å². The zero-order valence-electron chi connectivity index (χ0n) is 23.3. The number of nitrogens with zero attached hydrogens (tertiary/aromatic N) is 1. The first-order chi connectivity index (χ1) is 19.0. The summed E-state index contributed by atoms with van der Waals surface area (Å²) in [5.74, 6) is -1.42. The second kappa shape index (κ2) is 16.9. The number of carbonyl (C=O) groups is 2. The second-order valence-corrected chi connectivity index (χ2v) is 11.9. The van der Waals surface area contributed by atoms with Crippen molar-refractivity contribution in [1.82, 2.24) is 4.90 Å². The molecule has 0 unspecified atom stereocenters. The first-order valence-electron chi connectivity index (χ1n) is 14.7. The molecular weight excluding hydrogens is 574 g/mol. The van der Waals surface area contributed by atoms with E-state index in [0.717, 1.165) is 23.7 Å². The molecule has 0 aliphatic carbocycles. The maximum Gasteiger partial charge on any atom is 0.295 e. The number of unbranched alkanes of at least 4 members (excludes halogenated alkanes) is 13. The van der Waals surface area contributed by atoms with Gasteiger partial charge in [0.05, 0.1) is 11.6 Å². The molecule has 0 radical (unpaired) electrons. The Morgan fingerprint density at radius 1 is 0.821 bits per heavy atom. The zero-order chi connectivity index (χ0) is 28.0. The molecule has 1 saturated heterocycles. The first-order valence-corrected chi connectivity index (χ1v) is 15.9. The molecule has 0 aromatic heterocycles. The van der Waals surface area contributed by atoms with E-state index < -0.39 is 17.7 Å². The van der Waals surface area contributed by atoms with E-state index in [2.05, 4.69) is 22.9 Å². The van der Waals surface area contributed by atoms with Gasteiger partial charge >= 0.3 is 0 Å². The number of carbonyl (C=O) groups excluding carboxylic acids is 2. The van der Waals surface area contributed by atoms with Crippen molar-refractivity contribution in [2.24, 2.45) is 0 Å². The van der Waals surface area contributed by atoms with Crippen molar-refractivity contribution in [2.45, 2.75) is 103 Å². The van der Waals surface area contributed by atoms with E-state index >= 15 is 0 Å². The lowest BCUT2D eigenvalue weighted by Crippen LogP contribution is -2.30. The summed E-state index contributed by atoms with van der Waals surface area (Å²) in [6, 6.07) is 13.6. The predicted octanol–water partition coefficient (Wildman–Crippen LogP) is 10.0. The summed E-state index contributed by atoms with van der Waals surface area (Å²) in [6.07, 6.45) is 17.6. The van der Waals surface area contributed by atoms with Crippen LogP contribution in [0, 0.1) is 0 Å². The normalized spacial score (nSPS) is 16.8. The minimum absolute atomic E-state index is 0.0940. The number of likely N-dealkylation sites (tertiary alicyclic amines) is 1. The molecule has 1 aliphatic rings. The van der Waals surface area contributed by atoms with Gasteiger partial charge in [-0.05, 0) is 30.2 Å². The molecule has 39 heavy (non-hydrogen) atoms. The number of benzene rings is 2. The average Bonchev–Trinajstić information content (AvgIpc) is 3.18. The Kier molecular flexibility index (Phi) is 13.6. The number of hydrogen-bond donors (Lipinski definition) is 1. The molecule has 1 fully saturated rings. The molecule has 212 valence electrons. The Morgan fingerprint density at radius 3 is 1.95 bits per heavy atom. The highest BCUT2D eigenvalue weighted by Crippen LogP contribution is 2.42. The fraction of sp³-hybridized carbons (Fsp3) is 0.515. The van der Waals surface area contributed by atoms with E-state index in [9.17, 15) is 14.7 Å². The average molecular weight is 617 g/mol. The van der Waals surface area contributed by atoms with Crippen LogP contribution >= 0.6 is 27.5 Å². The van der Waals surface area contributed by atoms with E-state index in [-0.39, 0.29) is 11.3 Å². The van der Waals surface area contributed by atoms with Crippen LogP contribution in [-0.4, -0.2) is 28.2 Å². The van der Waals surface area contributed by atoms with Crippen molar-refractivity contribution in [3.05, 3.63) is 74.7 Å². The van der Waals surface area contributed by atoms with Crippen LogP contribution in [0.3, 0.4) is 0 Å². The molecule has 0 bridgehead atoms. The van der Waals surface area contributed by atoms with Gasteiger partial charge in [-0.3, -0.25) is 9.59 Å². The summed E-state index contributed by atoms with van der Waals surface area (Å²) in [4.78, 5) is 27.9. The summed E-state index contributed by atoms with van der Waals surface area (Å²) in [6.45, 7) is 2.71. The second-order valence-electron chi connectivity index (χ2n) is 10.6. The minimum atomic E-state index is -0.709. The highest BCUT2D eigenvalue weighted by molar-refractivity contribution is 9.10. The van der Waals surface area contributed by atoms with Crippen molar-refractivity contribution in [1.29, 1.82) is 0 Å². The van der Waals surface area contributed by atoms with Crippen LogP contribution in [-0.2, 0) is 9.59 Å². The molecule has 1 amide bonds. The largest absolute Gasteiger partial charge is 0.507 e. The van der Waals surface area contributed by atoms with Crippen LogP contribution in [0.2, 0.25) is 5.02 Å². The molecule has 1 N–H and O–H groups in total. The van der Waals surface area contributed by atoms with Crippen LogP contribution < -0.4 is 0 Å². The summed E-state index contributed by atoms with van der Waals surface area (Å²) in [5, 5.41) is 11.7. The van der Waals surface area contributed by atoms with E-state index in [1.165, 1.54) is 70.6 Å². The zero-order valence-corrected chi connectivity index (χ0v) is 25.6. The fourth-order valence-corrected chi connectivity index (χ4v) is 6.04. The van der Waals surface area contributed by atoms with Gasteiger partial charge in [-0.15, -0.1) is 0 Å². The molecule has 1 heterocycles. The Hall–Kier alpha value is -2.11. The number of aliphatic hydroxyl groups is 1. The highest BCUT2D eigenvalue weighted by atomic mass is 79.9. The van der Waals surface area contributed by atoms with Crippen LogP contribution in [0.1, 0.15) is 114 Å². The Morgan fingerprint density at radius 2 is 1.38 bits per heavy atom. The van der Waals surface area contributed by atoms with Crippen molar-refractivity contribution >= 4 is 45.0 Å². The van der Waals surface area contributed by atoms with Gasteiger partial charge in [0.1, 0.15) is 5.76 Å². The molecule has 0 saturated carbocycles. The Balaban J connectivity index is 1.54. The Labute approximate surface area is 248 Å². The van der Waals surface area contributed by atoms with E-state index in [4.69, 9.17) is 11.6 Å². The van der Waals surface area contributed by atoms with Crippen molar-refractivity contribution in [2.75, 3.05) is 6.54 Å². The predicted molar refractivity (Wildman–Crippen MR) is 165 cm³/mol. The lowest BCUT2D eigenvalue weighted by molar-refractivity contribution is -0.139. The lowest BCUT2D eigenvalue weighted by atomic mass is 9.95. The van der Waals surface area contributed by atoms with Gasteiger partial charge in [-0.25, -0.2) is 0 Å². The van der Waals surface area contributed by atoms with Gasteiger partial charge in [-0.1, -0.05) is 148 Å². The topological polar surface area (TPSA) is 57.6 Å². The number of rotatable bonds is 17. The number of hydrogen-bond acceptors (Lipinski definition) is 3. The summed E-state index contributed by atoms with van der Waals surface area (Å²) >= 11 is 9.96. The van der Waals surface area contributed by atoms with Crippen molar-refractivity contribution in [3.63, 3.8) is 0 Å². The minimum Gasteiger partial charge on any atom is -0.507 e. The monoisotopic (exact) mass is 615 g/mol. The van der Waals surface area contributed by atoms with Crippen LogP contribution in [0.5, 0.6) is 0 Å². The number of aliphatic hydroxyl groups excluding tert-OH is 1. The molecular formula is C33H43BrClNO3. The van der Waals surface area contributed by atoms with Crippen molar-refractivity contribution in [3.8, 4) is 0 Å². The van der Waals surface area contributed by atoms with E-state index in [0.29, 0.717) is 22.7 Å². The molecule has 0 spiro atoms. The van der Waals surface area contributed by atoms with Crippen LogP contribution in [0.15, 0.2) is 58.6 Å². The highest BCUT2D eigenvalue weighted by Gasteiger charge is 2.46. The van der Waals surface area contributed by atoms with Crippen molar-refractivity contribution < 1.29 is 14.7 Å². The Bertz CT molecular complexity index is 1120. The standard InChI is InChI=1S/C33H43BrClNO3/c1-2-3-4-5-6-7-8-9-10-11-12-13-14-17-23-36-30(27-21-15-16-22-28(27)35)29(32(38)33(36)39)31(37)25-19-18-20-26(34)24-25/h15-16,18-22,24,30,37H,2-14,17,23H2,1H3/b31-29+/t30-/m1/s1. The number of halogens is 2. The fourth-order valence-electron chi connectivity index (χ4n) is 5.40. The van der Waals surface area contributed by atoms with E-state index in [1.807, 2.05) is 24.3 Å². The maximum absolute atomic E-state index is 13.2. The third-order valence-electron chi connectivity index (χ3n) is 7.59. The first kappa shape index (κ1) is 31.4. The van der Waals surface area contributed by atoms with Gasteiger partial charge in [-0.2, -0.15) is 0 Å². The summed E-state index contributed by atoms with van der Waals surface area (Å²) < 4.78 is 0.775. The van der Waals surface area contributed by atoms with Gasteiger partial charge in [0.15, 0.2) is 0 Å². The number of amides is 1. The molecule has 3 rings (SSSR count). The number of ketones is 1. The van der Waals surface area contributed by atoms with Gasteiger partial charge in [0, 0.05) is 21.6 Å². The van der Waals surface area contributed by atoms with Gasteiger partial charge in [0.2, 0.25) is 0 Å². The molecule has 4 nitrogen and oxygen atoms in total. The van der Waals surface area contributed by atoms with Gasteiger partial charge < -0.3 is 10.0 Å². The van der Waals surface area contributed by atoms with E-state index in [1.54, 1.807) is 29.2 Å². The molecule has 1 aliphatic heterocycles. The maximum atomic E-state index is 13.2. The summed E-state index contributed by atoms with van der Waals surface area (Å²) in [7, 11) is 0. The number of Topliss-reactive ketones (excluding diaryl/α,β-unsaturated/α-hetero) is 1. The molecule has 1 atom stereocenters. The SMILES string of the molecule is CCCCCCCCCCCCCCCCN1C(=O)C(=O)/C(=C(/O)c2cccc(Br)c2)[C@H]1c1ccccc1Cl. The smallest absolute Gasteiger partial charge is 0.295 e. The molecule has 2 aromatic rings. The third-order valence-corrected chi connectivity index (χ3v) is 8.43. The third kappa shape index (κ3) is 9.21. The summed E-state index contributed by atoms with van der Waals surface area (Å²) in [5.41, 5.74) is 1.23. The van der Waals surface area contributed by atoms with Crippen LogP contribution in [0.25, 0.3) is 5.76 Å².